The molecule has 1 heterocycles. The van der Waals surface area contributed by atoms with Crippen LogP contribution in [-0.4, -0.2) is 30.5 Å². The highest BCUT2D eigenvalue weighted by Gasteiger charge is 2.29. The van der Waals surface area contributed by atoms with Gasteiger partial charge in [-0.1, -0.05) is 48.5 Å². The maximum Gasteiger partial charge on any atom is 0.229 e. The number of fused-ring (bicyclic) bond motifs is 1. The predicted molar refractivity (Wildman–Crippen MR) is 94.7 cm³/mol. The molecule has 0 spiro atoms. The number of carbonyl (C=O) groups excluding carboxylic acids is 1. The summed E-state index contributed by atoms with van der Waals surface area (Å²) in [5, 5.41) is 0. The summed E-state index contributed by atoms with van der Waals surface area (Å²) in [6, 6.07) is 18.0. The van der Waals surface area contributed by atoms with Crippen molar-refractivity contribution in [2.45, 2.75) is 19.4 Å². The Bertz CT molecular complexity index is 672. The molecule has 0 aromatic heterocycles. The Kier molecular flexibility index (Phi) is 5.49. The number of nitrogens with two attached hydrogens (primary N) is 1. The number of nitrogens with zero attached hydrogens (tertiary/aromatic N) is 1. The number of ether oxygens (including phenoxy) is 1. The molecule has 1 amide bonds. The number of para-hydroxylation sites is 1. The van der Waals surface area contributed by atoms with Gasteiger partial charge in [0.25, 0.3) is 0 Å². The van der Waals surface area contributed by atoms with E-state index >= 15 is 0 Å². The van der Waals surface area contributed by atoms with Crippen LogP contribution in [0.2, 0.25) is 0 Å². The van der Waals surface area contributed by atoms with E-state index in [-0.39, 0.29) is 11.8 Å². The molecule has 0 fully saturated rings. The molecule has 2 aromatic carbocycles. The molecular formula is C20H24N2O2. The normalized spacial score (nSPS) is 16.1. The smallest absolute Gasteiger partial charge is 0.229 e. The molecule has 0 aliphatic carbocycles. The number of carbonyl (C=O) groups is 1. The van der Waals surface area contributed by atoms with Crippen LogP contribution in [0.3, 0.4) is 0 Å². The van der Waals surface area contributed by atoms with E-state index in [4.69, 9.17) is 10.5 Å². The van der Waals surface area contributed by atoms with Crippen molar-refractivity contribution in [3.8, 4) is 5.75 Å². The summed E-state index contributed by atoms with van der Waals surface area (Å²) in [6.45, 7) is 2.34. The molecule has 126 valence electrons. The van der Waals surface area contributed by atoms with Crippen molar-refractivity contribution >= 4 is 5.91 Å². The van der Waals surface area contributed by atoms with Crippen molar-refractivity contribution in [2.24, 2.45) is 11.7 Å². The standard InChI is InChI=1S/C20H24N2O2/c21-11-6-12-22(14-16-7-2-1-3-8-16)20(23)18-13-17-9-4-5-10-19(17)24-15-18/h1-5,7-10,18H,6,11-15,21H2. The Morgan fingerprint density at radius 2 is 1.88 bits per heavy atom. The molecule has 2 aromatic rings. The molecule has 1 aliphatic rings. The average Bonchev–Trinajstić information content (AvgIpc) is 2.65. The number of rotatable bonds is 6. The van der Waals surface area contributed by atoms with E-state index in [1.54, 1.807) is 0 Å². The van der Waals surface area contributed by atoms with Gasteiger partial charge in [0.05, 0.1) is 5.92 Å². The zero-order valence-corrected chi connectivity index (χ0v) is 13.9. The van der Waals surface area contributed by atoms with Crippen LogP contribution in [-0.2, 0) is 17.8 Å². The van der Waals surface area contributed by atoms with Crippen LogP contribution in [0, 0.1) is 5.92 Å². The Morgan fingerprint density at radius 1 is 1.12 bits per heavy atom. The molecule has 0 radical (unpaired) electrons. The van der Waals surface area contributed by atoms with E-state index in [0.29, 0.717) is 26.2 Å². The second-order valence-corrected chi connectivity index (χ2v) is 6.21. The first-order chi connectivity index (χ1) is 11.8. The number of benzene rings is 2. The van der Waals surface area contributed by atoms with E-state index in [0.717, 1.165) is 29.7 Å². The molecule has 4 heteroatoms. The topological polar surface area (TPSA) is 55.6 Å². The Hall–Kier alpha value is -2.33. The van der Waals surface area contributed by atoms with Crippen LogP contribution in [0.15, 0.2) is 54.6 Å². The molecular weight excluding hydrogens is 300 g/mol. The quantitative estimate of drug-likeness (QED) is 0.888. The molecule has 4 nitrogen and oxygen atoms in total. The van der Waals surface area contributed by atoms with Gasteiger partial charge in [0.2, 0.25) is 5.91 Å². The molecule has 1 unspecified atom stereocenters. The fourth-order valence-electron chi connectivity index (χ4n) is 3.10. The van der Waals surface area contributed by atoms with E-state index in [9.17, 15) is 4.79 Å². The van der Waals surface area contributed by atoms with E-state index < -0.39 is 0 Å². The number of hydrogen-bond acceptors (Lipinski definition) is 3. The van der Waals surface area contributed by atoms with Crippen LogP contribution in [0.4, 0.5) is 0 Å². The first kappa shape index (κ1) is 16.5. The van der Waals surface area contributed by atoms with Gasteiger partial charge < -0.3 is 15.4 Å². The molecule has 0 saturated carbocycles. The number of amides is 1. The summed E-state index contributed by atoms with van der Waals surface area (Å²) in [7, 11) is 0. The third kappa shape index (κ3) is 3.95. The van der Waals surface area contributed by atoms with Crippen molar-refractivity contribution in [1.29, 1.82) is 0 Å². The van der Waals surface area contributed by atoms with Crippen molar-refractivity contribution in [2.75, 3.05) is 19.7 Å². The zero-order chi connectivity index (χ0) is 16.8. The fraction of sp³-hybridized carbons (Fsp3) is 0.350. The maximum atomic E-state index is 13.0. The Labute approximate surface area is 143 Å². The minimum absolute atomic E-state index is 0.124. The minimum Gasteiger partial charge on any atom is -0.492 e. The lowest BCUT2D eigenvalue weighted by atomic mass is 9.95. The summed E-state index contributed by atoms with van der Waals surface area (Å²) >= 11 is 0. The Morgan fingerprint density at radius 3 is 2.67 bits per heavy atom. The lowest BCUT2D eigenvalue weighted by Crippen LogP contribution is -2.41. The van der Waals surface area contributed by atoms with Gasteiger partial charge in [0.15, 0.2) is 0 Å². The second kappa shape index (κ2) is 7.97. The summed E-state index contributed by atoms with van der Waals surface area (Å²) in [5.74, 6) is 0.932. The maximum absolute atomic E-state index is 13.0. The van der Waals surface area contributed by atoms with E-state index in [1.807, 2.05) is 47.4 Å². The molecule has 0 saturated heterocycles. The second-order valence-electron chi connectivity index (χ2n) is 6.21. The monoisotopic (exact) mass is 324 g/mol. The van der Waals surface area contributed by atoms with Crippen LogP contribution >= 0.6 is 0 Å². The number of hydrogen-bond donors (Lipinski definition) is 1. The largest absolute Gasteiger partial charge is 0.492 e. The highest BCUT2D eigenvalue weighted by Crippen LogP contribution is 2.28. The zero-order valence-electron chi connectivity index (χ0n) is 13.9. The van der Waals surface area contributed by atoms with Crippen molar-refractivity contribution in [1.82, 2.24) is 4.90 Å². The van der Waals surface area contributed by atoms with Gasteiger partial charge >= 0.3 is 0 Å². The minimum atomic E-state index is -0.124. The van der Waals surface area contributed by atoms with Crippen LogP contribution in [0.25, 0.3) is 0 Å². The molecule has 3 rings (SSSR count). The molecule has 1 aliphatic heterocycles. The highest BCUT2D eigenvalue weighted by molar-refractivity contribution is 5.79. The van der Waals surface area contributed by atoms with Gasteiger partial charge in [-0.3, -0.25) is 4.79 Å². The van der Waals surface area contributed by atoms with Gasteiger partial charge in [0, 0.05) is 13.1 Å². The Balaban J connectivity index is 1.71. The first-order valence-electron chi connectivity index (χ1n) is 8.51. The van der Waals surface area contributed by atoms with Gasteiger partial charge in [-0.2, -0.15) is 0 Å². The van der Waals surface area contributed by atoms with Crippen molar-refractivity contribution in [3.63, 3.8) is 0 Å². The van der Waals surface area contributed by atoms with E-state index in [2.05, 4.69) is 12.1 Å². The van der Waals surface area contributed by atoms with Gasteiger partial charge in [-0.25, -0.2) is 0 Å². The molecule has 2 N–H and O–H groups in total. The fourth-order valence-corrected chi connectivity index (χ4v) is 3.10. The molecule has 0 bridgehead atoms. The lowest BCUT2D eigenvalue weighted by Gasteiger charge is -2.30. The predicted octanol–water partition coefficient (Wildman–Crippen LogP) is 2.62. The summed E-state index contributed by atoms with van der Waals surface area (Å²) in [6.07, 6.45) is 1.55. The van der Waals surface area contributed by atoms with Gasteiger partial charge in [0.1, 0.15) is 12.4 Å². The highest BCUT2D eigenvalue weighted by atomic mass is 16.5. The van der Waals surface area contributed by atoms with Gasteiger partial charge in [-0.05, 0) is 36.6 Å². The van der Waals surface area contributed by atoms with E-state index in [1.165, 1.54) is 0 Å². The SMILES string of the molecule is NCCCN(Cc1ccccc1)C(=O)C1COc2ccccc2C1. The summed E-state index contributed by atoms with van der Waals surface area (Å²) in [5.41, 5.74) is 7.90. The third-order valence-corrected chi connectivity index (χ3v) is 4.39. The lowest BCUT2D eigenvalue weighted by molar-refractivity contribution is -0.137. The van der Waals surface area contributed by atoms with Gasteiger partial charge in [-0.15, -0.1) is 0 Å². The average molecular weight is 324 g/mol. The third-order valence-electron chi connectivity index (χ3n) is 4.39. The van der Waals surface area contributed by atoms with Crippen LogP contribution < -0.4 is 10.5 Å². The van der Waals surface area contributed by atoms with Crippen molar-refractivity contribution < 1.29 is 9.53 Å². The molecule has 24 heavy (non-hydrogen) atoms. The van der Waals surface area contributed by atoms with Crippen LogP contribution in [0.1, 0.15) is 17.5 Å². The summed E-state index contributed by atoms with van der Waals surface area (Å²) < 4.78 is 5.79. The first-order valence-corrected chi connectivity index (χ1v) is 8.51. The molecule has 1 atom stereocenters. The summed E-state index contributed by atoms with van der Waals surface area (Å²) in [4.78, 5) is 14.9. The van der Waals surface area contributed by atoms with Crippen LogP contribution in [0.5, 0.6) is 5.75 Å². The van der Waals surface area contributed by atoms with Crippen molar-refractivity contribution in [3.05, 3.63) is 65.7 Å².